The van der Waals surface area contributed by atoms with Crippen molar-refractivity contribution >= 4 is 28.6 Å². The van der Waals surface area contributed by atoms with Crippen LogP contribution in [-0.4, -0.2) is 63.6 Å². The second kappa shape index (κ2) is 9.79. The van der Waals surface area contributed by atoms with Crippen LogP contribution in [0.25, 0.3) is 11.0 Å². The van der Waals surface area contributed by atoms with Crippen LogP contribution in [0.3, 0.4) is 0 Å². The monoisotopic (exact) mass is 438 g/mol. The summed E-state index contributed by atoms with van der Waals surface area (Å²) in [4.78, 5) is 16.9. The van der Waals surface area contributed by atoms with Gasteiger partial charge in [-0.25, -0.2) is 9.97 Å². The lowest BCUT2D eigenvalue weighted by molar-refractivity contribution is 0.137. The third kappa shape index (κ3) is 4.83. The Bertz CT molecular complexity index is 1060. The summed E-state index contributed by atoms with van der Waals surface area (Å²) in [6.07, 6.45) is 0.799. The third-order valence-electron chi connectivity index (χ3n) is 5.63. The van der Waals surface area contributed by atoms with E-state index in [-0.39, 0.29) is 0 Å². The zero-order valence-corrected chi connectivity index (χ0v) is 19.8. The highest BCUT2D eigenvalue weighted by molar-refractivity contribution is 5.90. The van der Waals surface area contributed by atoms with Crippen LogP contribution in [0.4, 0.5) is 17.6 Å². The minimum absolute atomic E-state index is 0.389. The number of nitrogens with one attached hydrogen (secondary N) is 2. The number of anilines is 3. The Balaban J connectivity index is 1.83. The molecule has 1 aliphatic heterocycles. The van der Waals surface area contributed by atoms with Gasteiger partial charge in [0, 0.05) is 38.0 Å². The number of ether oxygens (including phenoxy) is 1. The SMILES string of the molecule is CCOCCn1nc(CC)c2nc(N3CCN[C@H](C)C3)nc(Nc3cc(C)cc(C)n3)c21. The molecule has 1 fully saturated rings. The van der Waals surface area contributed by atoms with Gasteiger partial charge < -0.3 is 20.3 Å². The smallest absolute Gasteiger partial charge is 0.228 e. The normalized spacial score (nSPS) is 16.7. The molecule has 9 heteroatoms. The minimum Gasteiger partial charge on any atom is -0.380 e. The van der Waals surface area contributed by atoms with Crippen molar-refractivity contribution in [3.8, 4) is 0 Å². The van der Waals surface area contributed by atoms with E-state index < -0.39 is 0 Å². The molecule has 172 valence electrons. The van der Waals surface area contributed by atoms with E-state index in [9.17, 15) is 0 Å². The quantitative estimate of drug-likeness (QED) is 0.519. The first-order valence-electron chi connectivity index (χ1n) is 11.5. The van der Waals surface area contributed by atoms with Crippen LogP contribution in [-0.2, 0) is 17.7 Å². The molecule has 0 spiro atoms. The summed E-state index contributed by atoms with van der Waals surface area (Å²) in [5, 5.41) is 11.8. The number of piperazine rings is 1. The van der Waals surface area contributed by atoms with Crippen LogP contribution >= 0.6 is 0 Å². The van der Waals surface area contributed by atoms with Crippen molar-refractivity contribution in [2.75, 3.05) is 43.1 Å². The molecule has 2 N–H and O–H groups in total. The van der Waals surface area contributed by atoms with Crippen LogP contribution in [0.15, 0.2) is 12.1 Å². The number of hydrogen-bond acceptors (Lipinski definition) is 8. The van der Waals surface area contributed by atoms with Gasteiger partial charge in [0.05, 0.1) is 18.8 Å². The molecule has 9 nitrogen and oxygen atoms in total. The van der Waals surface area contributed by atoms with Crippen molar-refractivity contribution in [2.24, 2.45) is 0 Å². The summed E-state index contributed by atoms with van der Waals surface area (Å²) < 4.78 is 7.57. The molecule has 4 heterocycles. The number of fused-ring (bicyclic) bond motifs is 1. The van der Waals surface area contributed by atoms with E-state index in [1.165, 1.54) is 0 Å². The molecule has 1 atom stereocenters. The summed E-state index contributed by atoms with van der Waals surface area (Å²) in [7, 11) is 0. The number of hydrogen-bond donors (Lipinski definition) is 2. The number of pyridine rings is 1. The van der Waals surface area contributed by atoms with Crippen LogP contribution in [0.5, 0.6) is 0 Å². The highest BCUT2D eigenvalue weighted by Crippen LogP contribution is 2.29. The first kappa shape index (κ1) is 22.4. The molecule has 0 bridgehead atoms. The van der Waals surface area contributed by atoms with Gasteiger partial charge in [-0.3, -0.25) is 4.68 Å². The van der Waals surface area contributed by atoms with Gasteiger partial charge in [0.25, 0.3) is 0 Å². The van der Waals surface area contributed by atoms with Crippen LogP contribution < -0.4 is 15.5 Å². The molecule has 0 amide bonds. The van der Waals surface area contributed by atoms with Crippen LogP contribution in [0.1, 0.15) is 37.7 Å². The number of aromatic nitrogens is 5. The molecule has 4 rings (SSSR count). The molecule has 1 saturated heterocycles. The Labute approximate surface area is 189 Å². The molecular formula is C23H34N8O. The molecule has 0 unspecified atom stereocenters. The summed E-state index contributed by atoms with van der Waals surface area (Å²) in [6.45, 7) is 14.9. The van der Waals surface area contributed by atoms with Gasteiger partial charge in [-0.2, -0.15) is 10.1 Å². The van der Waals surface area contributed by atoms with Crippen LogP contribution in [0, 0.1) is 13.8 Å². The number of aryl methyl sites for hydroxylation is 3. The first-order chi connectivity index (χ1) is 15.5. The third-order valence-corrected chi connectivity index (χ3v) is 5.63. The average Bonchev–Trinajstić information content (AvgIpc) is 3.11. The van der Waals surface area contributed by atoms with Crippen molar-refractivity contribution < 1.29 is 4.74 Å². The van der Waals surface area contributed by atoms with Crippen molar-refractivity contribution in [1.29, 1.82) is 0 Å². The van der Waals surface area contributed by atoms with E-state index in [4.69, 9.17) is 19.8 Å². The van der Waals surface area contributed by atoms with Gasteiger partial charge >= 0.3 is 0 Å². The first-order valence-corrected chi connectivity index (χ1v) is 11.5. The summed E-state index contributed by atoms with van der Waals surface area (Å²) in [6, 6.07) is 4.49. The minimum atomic E-state index is 0.389. The van der Waals surface area contributed by atoms with E-state index >= 15 is 0 Å². The Morgan fingerprint density at radius 1 is 1.19 bits per heavy atom. The van der Waals surface area contributed by atoms with Gasteiger partial charge in [0.2, 0.25) is 5.95 Å². The van der Waals surface area contributed by atoms with Crippen molar-refractivity contribution in [3.63, 3.8) is 0 Å². The fourth-order valence-electron chi connectivity index (χ4n) is 4.20. The maximum Gasteiger partial charge on any atom is 0.228 e. The molecule has 0 radical (unpaired) electrons. The predicted molar refractivity (Wildman–Crippen MR) is 128 cm³/mol. The molecular weight excluding hydrogens is 404 g/mol. The van der Waals surface area contributed by atoms with Gasteiger partial charge in [0.1, 0.15) is 16.9 Å². The Morgan fingerprint density at radius 3 is 2.75 bits per heavy atom. The largest absolute Gasteiger partial charge is 0.380 e. The van der Waals surface area contributed by atoms with Gasteiger partial charge in [-0.15, -0.1) is 0 Å². The van der Waals surface area contributed by atoms with Crippen molar-refractivity contribution in [3.05, 3.63) is 29.1 Å². The predicted octanol–water partition coefficient (Wildman–Crippen LogP) is 2.98. The van der Waals surface area contributed by atoms with E-state index in [2.05, 4.69) is 47.4 Å². The highest BCUT2D eigenvalue weighted by Gasteiger charge is 2.23. The van der Waals surface area contributed by atoms with E-state index in [0.717, 1.165) is 71.6 Å². The zero-order valence-electron chi connectivity index (χ0n) is 19.8. The Hall–Kier alpha value is -2.78. The van der Waals surface area contributed by atoms with E-state index in [1.807, 2.05) is 24.6 Å². The fraction of sp³-hybridized carbons (Fsp3) is 0.565. The molecule has 0 aromatic carbocycles. The summed E-state index contributed by atoms with van der Waals surface area (Å²) in [5.74, 6) is 2.24. The maximum atomic E-state index is 5.60. The molecule has 32 heavy (non-hydrogen) atoms. The van der Waals surface area contributed by atoms with E-state index in [1.54, 1.807) is 0 Å². The van der Waals surface area contributed by atoms with Gasteiger partial charge in [0.15, 0.2) is 5.82 Å². The summed E-state index contributed by atoms with van der Waals surface area (Å²) >= 11 is 0. The Kier molecular flexibility index (Phi) is 6.86. The lowest BCUT2D eigenvalue weighted by atomic mass is 10.2. The molecule has 3 aromatic rings. The van der Waals surface area contributed by atoms with Gasteiger partial charge in [-0.1, -0.05) is 6.92 Å². The van der Waals surface area contributed by atoms with Crippen molar-refractivity contribution in [1.82, 2.24) is 30.0 Å². The fourth-order valence-corrected chi connectivity index (χ4v) is 4.20. The second-order valence-electron chi connectivity index (χ2n) is 8.39. The lowest BCUT2D eigenvalue weighted by Crippen LogP contribution is -2.49. The molecule has 0 aliphatic carbocycles. The lowest BCUT2D eigenvalue weighted by Gasteiger charge is -2.32. The number of nitrogens with zero attached hydrogens (tertiary/aromatic N) is 6. The van der Waals surface area contributed by atoms with Gasteiger partial charge in [-0.05, 0) is 51.8 Å². The van der Waals surface area contributed by atoms with E-state index in [0.29, 0.717) is 25.8 Å². The van der Waals surface area contributed by atoms with Crippen LogP contribution in [0.2, 0.25) is 0 Å². The van der Waals surface area contributed by atoms with Crippen molar-refractivity contribution in [2.45, 2.75) is 53.6 Å². The maximum absolute atomic E-state index is 5.60. The molecule has 3 aromatic heterocycles. The second-order valence-corrected chi connectivity index (χ2v) is 8.39. The zero-order chi connectivity index (χ0) is 22.7. The highest BCUT2D eigenvalue weighted by atomic mass is 16.5. The Morgan fingerprint density at radius 2 is 2.03 bits per heavy atom. The standard InChI is InChI=1S/C23H34N8O/c1-6-18-20-21(31(29-18)10-11-32-7-2)22(26-19-13-15(3)12-16(4)25-19)28-23(27-20)30-9-8-24-17(5)14-30/h12-13,17,24H,6-11,14H2,1-5H3,(H,25,26,27,28)/t17-/m1/s1. The average molecular weight is 439 g/mol. The number of rotatable bonds is 8. The topological polar surface area (TPSA) is 93.0 Å². The molecule has 0 saturated carbocycles. The summed E-state index contributed by atoms with van der Waals surface area (Å²) in [5.41, 5.74) is 4.88. The molecule has 1 aliphatic rings.